The van der Waals surface area contributed by atoms with E-state index in [9.17, 15) is 9.59 Å². The van der Waals surface area contributed by atoms with Gasteiger partial charge in [-0.25, -0.2) is 4.90 Å². The molecule has 5 heteroatoms. The molecule has 0 bridgehead atoms. The van der Waals surface area contributed by atoms with Gasteiger partial charge in [-0.15, -0.1) is 0 Å². The highest BCUT2D eigenvalue weighted by molar-refractivity contribution is 6.46. The van der Waals surface area contributed by atoms with Crippen molar-refractivity contribution in [3.05, 3.63) is 94.7 Å². The molecule has 0 saturated heterocycles. The van der Waals surface area contributed by atoms with Crippen LogP contribution in [0.4, 0.5) is 11.4 Å². The van der Waals surface area contributed by atoms with E-state index < -0.39 is 5.91 Å². The summed E-state index contributed by atoms with van der Waals surface area (Å²) in [5.74, 6) is 0.115. The fourth-order valence-corrected chi connectivity index (χ4v) is 4.18. The highest BCUT2D eigenvalue weighted by atomic mass is 16.5. The van der Waals surface area contributed by atoms with Gasteiger partial charge in [0.05, 0.1) is 18.4 Å². The number of nitrogens with one attached hydrogen (secondary N) is 1. The van der Waals surface area contributed by atoms with Gasteiger partial charge in [-0.1, -0.05) is 50.2 Å². The molecule has 0 fully saturated rings. The summed E-state index contributed by atoms with van der Waals surface area (Å²) in [4.78, 5) is 28.6. The third-order valence-corrected chi connectivity index (χ3v) is 5.77. The van der Waals surface area contributed by atoms with E-state index in [1.165, 1.54) is 4.90 Å². The molecule has 0 atom stereocenters. The fourth-order valence-electron chi connectivity index (χ4n) is 4.18. The topological polar surface area (TPSA) is 58.6 Å². The normalized spacial score (nSPS) is 13.8. The first-order valence-electron chi connectivity index (χ1n) is 11.0. The summed E-state index contributed by atoms with van der Waals surface area (Å²) in [5, 5.41) is 3.24. The molecule has 168 valence electrons. The summed E-state index contributed by atoms with van der Waals surface area (Å²) in [6.07, 6.45) is 0. The quantitative estimate of drug-likeness (QED) is 0.490. The number of hydrogen-bond acceptors (Lipinski definition) is 4. The molecule has 1 aliphatic rings. The molecule has 0 unspecified atom stereocenters. The van der Waals surface area contributed by atoms with Crippen molar-refractivity contribution in [1.29, 1.82) is 0 Å². The van der Waals surface area contributed by atoms with Crippen molar-refractivity contribution in [3.63, 3.8) is 0 Å². The Hall–Kier alpha value is -3.86. The molecule has 4 rings (SSSR count). The lowest BCUT2D eigenvalue weighted by Crippen LogP contribution is -2.32. The molecule has 2 amide bonds. The first-order valence-corrected chi connectivity index (χ1v) is 11.0. The minimum absolute atomic E-state index is 0.238. The average molecular weight is 441 g/mol. The van der Waals surface area contributed by atoms with Crippen LogP contribution >= 0.6 is 0 Å². The SMILES string of the molecule is COc1ccccc1C1=C(Nc2cc(C)cc(C)c2)C(=O)N(c2ccc(C(C)C)cc2)C1=O. The Bertz CT molecular complexity index is 1240. The van der Waals surface area contributed by atoms with E-state index in [0.717, 1.165) is 22.4 Å². The van der Waals surface area contributed by atoms with Crippen LogP contribution in [0, 0.1) is 13.8 Å². The van der Waals surface area contributed by atoms with Crippen LogP contribution in [-0.2, 0) is 9.59 Å². The van der Waals surface area contributed by atoms with Gasteiger partial charge in [0.2, 0.25) is 0 Å². The molecule has 1 N–H and O–H groups in total. The maximum atomic E-state index is 13.7. The Morgan fingerprint density at radius 3 is 2.09 bits per heavy atom. The van der Waals surface area contributed by atoms with Gasteiger partial charge in [-0.3, -0.25) is 9.59 Å². The molecule has 1 heterocycles. The van der Waals surface area contributed by atoms with E-state index in [1.807, 2.05) is 62.4 Å². The van der Waals surface area contributed by atoms with E-state index in [2.05, 4.69) is 25.2 Å². The van der Waals surface area contributed by atoms with Crippen molar-refractivity contribution in [3.8, 4) is 5.75 Å². The largest absolute Gasteiger partial charge is 0.496 e. The lowest BCUT2D eigenvalue weighted by Gasteiger charge is -2.17. The lowest BCUT2D eigenvalue weighted by atomic mass is 10.0. The highest BCUT2D eigenvalue weighted by Crippen LogP contribution is 2.37. The van der Waals surface area contributed by atoms with Gasteiger partial charge in [-0.05, 0) is 66.8 Å². The summed E-state index contributed by atoms with van der Waals surface area (Å²) < 4.78 is 5.52. The summed E-state index contributed by atoms with van der Waals surface area (Å²) in [6.45, 7) is 8.21. The molecular weight excluding hydrogens is 412 g/mol. The van der Waals surface area contributed by atoms with Gasteiger partial charge in [0.25, 0.3) is 11.8 Å². The number of carbonyl (C=O) groups is 2. The summed E-state index contributed by atoms with van der Waals surface area (Å²) >= 11 is 0. The van der Waals surface area contributed by atoms with Crippen LogP contribution in [0.15, 0.2) is 72.4 Å². The van der Waals surface area contributed by atoms with Crippen molar-refractivity contribution in [2.75, 3.05) is 17.3 Å². The van der Waals surface area contributed by atoms with E-state index in [4.69, 9.17) is 4.74 Å². The number of amides is 2. The number of nitrogens with zero attached hydrogens (tertiary/aromatic N) is 1. The molecule has 0 radical (unpaired) electrons. The number of ether oxygens (including phenoxy) is 1. The number of anilines is 2. The standard InChI is InChI=1S/C28H28N2O3/c1-17(2)20-10-12-22(13-11-20)30-27(31)25(23-8-6-7-9-24(23)33-5)26(28(30)32)29-21-15-18(3)14-19(4)16-21/h6-17,29H,1-5H3. The van der Waals surface area contributed by atoms with E-state index >= 15 is 0 Å². The highest BCUT2D eigenvalue weighted by Gasteiger charge is 2.41. The zero-order valence-electron chi connectivity index (χ0n) is 19.6. The van der Waals surface area contributed by atoms with E-state index in [0.29, 0.717) is 28.5 Å². The van der Waals surface area contributed by atoms with Gasteiger partial charge < -0.3 is 10.1 Å². The number of carbonyl (C=O) groups excluding carboxylic acids is 2. The van der Waals surface area contributed by atoms with Crippen molar-refractivity contribution in [1.82, 2.24) is 0 Å². The van der Waals surface area contributed by atoms with Crippen LogP contribution in [0.1, 0.15) is 42.0 Å². The number of hydrogen-bond donors (Lipinski definition) is 1. The number of rotatable bonds is 6. The number of methoxy groups -OCH3 is 1. The monoisotopic (exact) mass is 440 g/mol. The average Bonchev–Trinajstić information content (AvgIpc) is 3.02. The maximum Gasteiger partial charge on any atom is 0.282 e. The molecular formula is C28H28N2O3. The summed E-state index contributed by atoms with van der Waals surface area (Å²) in [5.41, 5.74) is 5.68. The molecule has 0 spiro atoms. The fraction of sp³-hybridized carbons (Fsp3) is 0.214. The number of para-hydroxylation sites is 1. The maximum absolute atomic E-state index is 13.7. The minimum atomic E-state index is -0.391. The van der Waals surface area contributed by atoms with Crippen molar-refractivity contribution in [2.45, 2.75) is 33.6 Å². The summed E-state index contributed by atoms with van der Waals surface area (Å²) in [6, 6.07) is 20.8. The smallest absolute Gasteiger partial charge is 0.282 e. The zero-order chi connectivity index (χ0) is 23.7. The Balaban J connectivity index is 1.84. The van der Waals surface area contributed by atoms with Gasteiger partial charge in [-0.2, -0.15) is 0 Å². The van der Waals surface area contributed by atoms with E-state index in [-0.39, 0.29) is 11.6 Å². The van der Waals surface area contributed by atoms with Crippen LogP contribution in [0.5, 0.6) is 5.75 Å². The van der Waals surface area contributed by atoms with Crippen molar-refractivity contribution in [2.24, 2.45) is 0 Å². The van der Waals surface area contributed by atoms with Crippen LogP contribution in [0.3, 0.4) is 0 Å². The minimum Gasteiger partial charge on any atom is -0.496 e. The Morgan fingerprint density at radius 2 is 1.48 bits per heavy atom. The molecule has 0 saturated carbocycles. The Kier molecular flexibility index (Phi) is 6.05. The molecule has 1 aliphatic heterocycles. The van der Waals surface area contributed by atoms with Crippen LogP contribution in [0.25, 0.3) is 5.57 Å². The number of benzene rings is 3. The summed E-state index contributed by atoms with van der Waals surface area (Å²) in [7, 11) is 1.56. The second-order valence-electron chi connectivity index (χ2n) is 8.64. The Labute approximate surface area is 194 Å². The van der Waals surface area contributed by atoms with E-state index in [1.54, 1.807) is 19.2 Å². The molecule has 5 nitrogen and oxygen atoms in total. The second-order valence-corrected chi connectivity index (χ2v) is 8.64. The molecule has 3 aromatic rings. The van der Waals surface area contributed by atoms with Crippen LogP contribution < -0.4 is 15.0 Å². The molecule has 0 aromatic heterocycles. The first kappa shape index (κ1) is 22.3. The van der Waals surface area contributed by atoms with Gasteiger partial charge in [0, 0.05) is 11.3 Å². The van der Waals surface area contributed by atoms with Crippen molar-refractivity contribution < 1.29 is 14.3 Å². The molecule has 0 aliphatic carbocycles. The number of imide groups is 1. The van der Waals surface area contributed by atoms with Gasteiger partial charge in [0.1, 0.15) is 11.4 Å². The predicted octanol–water partition coefficient (Wildman–Crippen LogP) is 5.83. The molecule has 33 heavy (non-hydrogen) atoms. The third kappa shape index (κ3) is 4.27. The second kappa shape index (κ2) is 8.94. The molecule has 3 aromatic carbocycles. The van der Waals surface area contributed by atoms with Crippen LogP contribution in [-0.4, -0.2) is 18.9 Å². The van der Waals surface area contributed by atoms with Gasteiger partial charge in [0.15, 0.2) is 0 Å². The zero-order valence-corrected chi connectivity index (χ0v) is 19.6. The number of aryl methyl sites for hydroxylation is 2. The lowest BCUT2D eigenvalue weighted by molar-refractivity contribution is -0.120. The van der Waals surface area contributed by atoms with Gasteiger partial charge >= 0.3 is 0 Å². The van der Waals surface area contributed by atoms with Crippen LogP contribution in [0.2, 0.25) is 0 Å². The predicted molar refractivity (Wildman–Crippen MR) is 132 cm³/mol. The third-order valence-electron chi connectivity index (χ3n) is 5.77. The van der Waals surface area contributed by atoms with Crippen molar-refractivity contribution >= 4 is 28.8 Å². The first-order chi connectivity index (χ1) is 15.8. The Morgan fingerprint density at radius 1 is 0.848 bits per heavy atom.